The van der Waals surface area contributed by atoms with Gasteiger partial charge in [-0.15, -0.1) is 23.1 Å². The Morgan fingerprint density at radius 2 is 2.03 bits per heavy atom. The molecule has 0 aromatic carbocycles. The number of carbonyl (C=O) groups is 2. The second kappa shape index (κ2) is 10.4. The molecule has 2 aromatic heterocycles. The van der Waals surface area contributed by atoms with Crippen molar-refractivity contribution in [2.45, 2.75) is 35.3 Å². The molecule has 0 aliphatic rings. The van der Waals surface area contributed by atoms with Crippen LogP contribution in [0.3, 0.4) is 0 Å². The van der Waals surface area contributed by atoms with E-state index in [2.05, 4.69) is 10.3 Å². The fraction of sp³-hybridized carbons (Fsp3) is 0.438. The lowest BCUT2D eigenvalue weighted by atomic mass is 10.2. The lowest BCUT2D eigenvalue weighted by Gasteiger charge is -2.05. The minimum Gasteiger partial charge on any atom is -0.465 e. The van der Waals surface area contributed by atoms with Crippen LogP contribution >= 0.6 is 34.4 Å². The van der Waals surface area contributed by atoms with Crippen LogP contribution in [0.25, 0.3) is 0 Å². The summed E-state index contributed by atoms with van der Waals surface area (Å²) in [5.74, 6) is -0.397. The van der Waals surface area contributed by atoms with E-state index in [9.17, 15) is 18.0 Å². The molecule has 2 rings (SSSR count). The van der Waals surface area contributed by atoms with Gasteiger partial charge in [0.2, 0.25) is 0 Å². The number of thiazole rings is 1. The average molecular weight is 480 g/mol. The predicted octanol–water partition coefficient (Wildman–Crippen LogP) is 3.00. The zero-order chi connectivity index (χ0) is 21.6. The van der Waals surface area contributed by atoms with Crippen LogP contribution in [-0.2, 0) is 37.3 Å². The largest absolute Gasteiger partial charge is 0.465 e. The Bertz CT molecular complexity index is 983. The van der Waals surface area contributed by atoms with Gasteiger partial charge < -0.3 is 9.47 Å². The van der Waals surface area contributed by atoms with Crippen molar-refractivity contribution in [2.75, 3.05) is 25.3 Å². The minimum atomic E-state index is -4.05. The zero-order valence-corrected chi connectivity index (χ0v) is 19.5. The Balaban J connectivity index is 2.05. The first kappa shape index (κ1) is 23.6. The van der Waals surface area contributed by atoms with Crippen LogP contribution in [0.1, 0.15) is 23.1 Å². The fourth-order valence-corrected chi connectivity index (χ4v) is 6.32. The topological polar surface area (TPSA) is 124 Å². The second-order valence-electron chi connectivity index (χ2n) is 5.71. The molecule has 13 heteroatoms. The maximum atomic E-state index is 12.5. The first-order valence-electron chi connectivity index (χ1n) is 8.25. The Labute approximate surface area is 181 Å². The van der Waals surface area contributed by atoms with E-state index in [4.69, 9.17) is 9.47 Å². The molecule has 0 unspecified atom stereocenters. The Hall–Kier alpha value is -1.67. The summed E-state index contributed by atoms with van der Waals surface area (Å²) >= 11 is 3.72. The van der Waals surface area contributed by atoms with Crippen molar-refractivity contribution in [2.24, 2.45) is 0 Å². The molecule has 0 atom stereocenters. The van der Waals surface area contributed by atoms with Crippen molar-refractivity contribution >= 4 is 61.6 Å². The molecule has 29 heavy (non-hydrogen) atoms. The highest BCUT2D eigenvalue weighted by molar-refractivity contribution is 8.00. The number of thiophene rings is 1. The van der Waals surface area contributed by atoms with E-state index in [0.29, 0.717) is 18.7 Å². The minimum absolute atomic E-state index is 0.00647. The van der Waals surface area contributed by atoms with Crippen molar-refractivity contribution in [3.05, 3.63) is 22.2 Å². The number of aromatic nitrogens is 1. The summed E-state index contributed by atoms with van der Waals surface area (Å²) in [4.78, 5) is 28.0. The number of thioether (sulfide) groups is 1. The van der Waals surface area contributed by atoms with E-state index in [1.165, 1.54) is 36.1 Å². The van der Waals surface area contributed by atoms with Crippen molar-refractivity contribution in [1.29, 1.82) is 0 Å². The third-order valence-corrected chi connectivity index (χ3v) is 8.74. The van der Waals surface area contributed by atoms with Crippen LogP contribution in [0, 0.1) is 6.92 Å². The number of anilines is 1. The molecular weight excluding hydrogens is 458 g/mol. The van der Waals surface area contributed by atoms with Gasteiger partial charge in [0.15, 0.2) is 5.13 Å². The molecule has 0 aliphatic carbocycles. The van der Waals surface area contributed by atoms with Gasteiger partial charge in [-0.05, 0) is 24.8 Å². The number of hydrogen-bond donors (Lipinski definition) is 2. The maximum absolute atomic E-state index is 12.5. The molecule has 160 valence electrons. The first-order chi connectivity index (χ1) is 13.7. The van der Waals surface area contributed by atoms with Crippen molar-refractivity contribution in [3.8, 4) is 0 Å². The fourth-order valence-electron chi connectivity index (χ4n) is 2.23. The molecule has 2 amide bonds. The number of carbonyl (C=O) groups excluding carboxylic acids is 2. The summed E-state index contributed by atoms with van der Waals surface area (Å²) < 4.78 is 37.9. The summed E-state index contributed by atoms with van der Waals surface area (Å²) in [6.45, 7) is 3.52. The number of esters is 1. The third-order valence-electron chi connectivity index (χ3n) is 3.47. The van der Waals surface area contributed by atoms with E-state index in [1.807, 2.05) is 11.0 Å². The number of hydrogen-bond acceptors (Lipinski definition) is 10. The lowest BCUT2D eigenvalue weighted by Crippen LogP contribution is -2.33. The molecule has 0 fully saturated rings. The van der Waals surface area contributed by atoms with Gasteiger partial charge in [0.1, 0.15) is 4.21 Å². The number of amides is 2. The SMILES string of the molecule is COCc1nc(NC(=O)NS(=O)(=O)c2cc(C)c(CCOC(C)=O)s2)sc1SC. The molecule has 2 aromatic rings. The number of aryl methyl sites for hydroxylation is 1. The summed E-state index contributed by atoms with van der Waals surface area (Å²) in [6, 6.07) is 0.581. The first-order valence-corrected chi connectivity index (χ1v) is 12.6. The Morgan fingerprint density at radius 1 is 1.31 bits per heavy atom. The van der Waals surface area contributed by atoms with E-state index in [1.54, 1.807) is 14.0 Å². The van der Waals surface area contributed by atoms with E-state index < -0.39 is 22.0 Å². The molecule has 0 saturated heterocycles. The smallest absolute Gasteiger partial charge is 0.334 e. The normalized spacial score (nSPS) is 11.3. The number of ether oxygens (including phenoxy) is 2. The van der Waals surface area contributed by atoms with Crippen LogP contribution in [0.15, 0.2) is 14.5 Å². The quantitative estimate of drug-likeness (QED) is 0.416. The number of nitrogens with zero attached hydrogens (tertiary/aromatic N) is 1. The van der Waals surface area contributed by atoms with Gasteiger partial charge in [-0.25, -0.2) is 22.9 Å². The molecule has 0 bridgehead atoms. The van der Waals surface area contributed by atoms with Gasteiger partial charge in [-0.2, -0.15) is 0 Å². The van der Waals surface area contributed by atoms with Gasteiger partial charge in [-0.1, -0.05) is 11.3 Å². The molecule has 0 saturated carbocycles. The number of nitrogens with one attached hydrogen (secondary N) is 2. The van der Waals surface area contributed by atoms with Gasteiger partial charge in [0.05, 0.1) is 23.1 Å². The third kappa shape index (κ3) is 6.67. The van der Waals surface area contributed by atoms with E-state index >= 15 is 0 Å². The van der Waals surface area contributed by atoms with E-state index in [0.717, 1.165) is 26.0 Å². The highest BCUT2D eigenvalue weighted by atomic mass is 32.2. The highest BCUT2D eigenvalue weighted by Crippen LogP contribution is 2.31. The highest BCUT2D eigenvalue weighted by Gasteiger charge is 2.22. The monoisotopic (exact) mass is 479 g/mol. The van der Waals surface area contributed by atoms with Gasteiger partial charge in [0, 0.05) is 25.3 Å². The predicted molar refractivity (Wildman–Crippen MR) is 113 cm³/mol. The van der Waals surface area contributed by atoms with Gasteiger partial charge >= 0.3 is 12.0 Å². The van der Waals surface area contributed by atoms with Crippen LogP contribution in [-0.4, -0.2) is 45.4 Å². The lowest BCUT2D eigenvalue weighted by molar-refractivity contribution is -0.140. The molecule has 9 nitrogen and oxygen atoms in total. The summed E-state index contributed by atoms with van der Waals surface area (Å²) in [5, 5.41) is 2.72. The average Bonchev–Trinajstić information content (AvgIpc) is 3.18. The standard InChI is InChI=1S/C16H21N3O6S4/c1-9-7-13(27-12(9)5-6-25-10(2)20)29(22,23)19-15(21)18-16-17-11(8-24-3)14(26-4)28-16/h7H,5-6,8H2,1-4H3,(H2,17,18,19,21). The summed E-state index contributed by atoms with van der Waals surface area (Å²) in [5.41, 5.74) is 1.42. The van der Waals surface area contributed by atoms with Gasteiger partial charge in [-0.3, -0.25) is 10.1 Å². The molecule has 2 N–H and O–H groups in total. The molecular formula is C16H21N3O6S4. The second-order valence-corrected chi connectivity index (χ2v) is 10.8. The van der Waals surface area contributed by atoms with Crippen molar-refractivity contribution in [1.82, 2.24) is 9.71 Å². The van der Waals surface area contributed by atoms with Crippen LogP contribution in [0.4, 0.5) is 9.93 Å². The maximum Gasteiger partial charge on any atom is 0.334 e. The Morgan fingerprint density at radius 3 is 2.66 bits per heavy atom. The Kier molecular flexibility index (Phi) is 8.46. The number of methoxy groups -OCH3 is 1. The molecule has 0 spiro atoms. The van der Waals surface area contributed by atoms with Crippen LogP contribution in [0.5, 0.6) is 0 Å². The van der Waals surface area contributed by atoms with Crippen LogP contribution < -0.4 is 10.0 Å². The van der Waals surface area contributed by atoms with Crippen molar-refractivity contribution < 1.29 is 27.5 Å². The molecule has 0 radical (unpaired) electrons. The number of sulfonamides is 1. The summed E-state index contributed by atoms with van der Waals surface area (Å²) in [6.07, 6.45) is 2.27. The van der Waals surface area contributed by atoms with Gasteiger partial charge in [0.25, 0.3) is 10.0 Å². The molecule has 2 heterocycles. The van der Waals surface area contributed by atoms with Crippen LogP contribution in [0.2, 0.25) is 0 Å². The molecule has 0 aliphatic heterocycles. The van der Waals surface area contributed by atoms with E-state index in [-0.39, 0.29) is 15.9 Å². The van der Waals surface area contributed by atoms with Crippen molar-refractivity contribution in [3.63, 3.8) is 0 Å². The number of rotatable bonds is 9. The number of urea groups is 1. The zero-order valence-electron chi connectivity index (χ0n) is 16.2. The summed E-state index contributed by atoms with van der Waals surface area (Å²) in [7, 11) is -2.51.